The van der Waals surface area contributed by atoms with E-state index in [9.17, 15) is 9.59 Å². The number of hydroxylamine groups is 1. The maximum Gasteiger partial charge on any atom is 0.251 e. The van der Waals surface area contributed by atoms with Gasteiger partial charge in [0.1, 0.15) is 0 Å². The van der Waals surface area contributed by atoms with Crippen LogP contribution in [-0.2, 0) is 16.0 Å². The Bertz CT molecular complexity index is 1130. The van der Waals surface area contributed by atoms with Crippen LogP contribution in [0.15, 0.2) is 48.5 Å². The van der Waals surface area contributed by atoms with Gasteiger partial charge < -0.3 is 10.1 Å². The molecule has 1 aromatic heterocycles. The molecule has 0 saturated carbocycles. The maximum absolute atomic E-state index is 12.6. The summed E-state index contributed by atoms with van der Waals surface area (Å²) in [5, 5.41) is 12.8. The number of carbonyl (C=O) groups is 2. The lowest BCUT2D eigenvalue weighted by Gasteiger charge is -2.17. The molecule has 7 nitrogen and oxygen atoms in total. The third-order valence-electron chi connectivity index (χ3n) is 5.63. The van der Waals surface area contributed by atoms with Crippen LogP contribution in [-0.4, -0.2) is 41.3 Å². The molecule has 1 fully saturated rings. The van der Waals surface area contributed by atoms with Crippen LogP contribution in [0.1, 0.15) is 32.7 Å². The first-order chi connectivity index (χ1) is 14.9. The van der Waals surface area contributed by atoms with Gasteiger partial charge >= 0.3 is 0 Å². The van der Waals surface area contributed by atoms with Gasteiger partial charge in [-0.3, -0.25) is 19.8 Å². The molecule has 4 rings (SSSR count). The highest BCUT2D eigenvalue weighted by molar-refractivity contribution is 5.95. The minimum atomic E-state index is -0.611. The van der Waals surface area contributed by atoms with E-state index in [1.807, 2.05) is 25.1 Å². The lowest BCUT2D eigenvalue weighted by molar-refractivity contribution is -0.133. The molecule has 2 aromatic carbocycles. The topological polar surface area (TPSA) is 101 Å². The fourth-order valence-corrected chi connectivity index (χ4v) is 3.99. The third kappa shape index (κ3) is 4.57. The Morgan fingerprint density at radius 3 is 2.61 bits per heavy atom. The van der Waals surface area contributed by atoms with Crippen LogP contribution in [0.2, 0.25) is 0 Å². The molecule has 160 valence electrons. The summed E-state index contributed by atoms with van der Waals surface area (Å²) >= 11 is 0. The van der Waals surface area contributed by atoms with Crippen molar-refractivity contribution in [2.24, 2.45) is 5.92 Å². The minimum Gasteiger partial charge on any atom is -0.378 e. The van der Waals surface area contributed by atoms with Gasteiger partial charge in [-0.05, 0) is 61.7 Å². The molecule has 1 saturated heterocycles. The number of pyridine rings is 1. The quantitative estimate of drug-likeness (QED) is 0.436. The van der Waals surface area contributed by atoms with Crippen molar-refractivity contribution in [3.05, 3.63) is 76.5 Å². The largest absolute Gasteiger partial charge is 0.378 e. The van der Waals surface area contributed by atoms with E-state index in [0.29, 0.717) is 5.56 Å². The molecule has 0 spiro atoms. The second-order valence-corrected chi connectivity index (χ2v) is 8.02. The Balaban J connectivity index is 1.49. The zero-order chi connectivity index (χ0) is 22.0. The zero-order valence-electron chi connectivity index (χ0n) is 17.5. The van der Waals surface area contributed by atoms with Gasteiger partial charge in [-0.1, -0.05) is 23.8 Å². The number of nitrogens with zero attached hydrogens (tertiary/aromatic N) is 1. The minimum absolute atomic E-state index is 0.162. The Kier molecular flexibility index (Phi) is 5.97. The van der Waals surface area contributed by atoms with Gasteiger partial charge in [0.25, 0.3) is 11.8 Å². The lowest BCUT2D eigenvalue weighted by Crippen LogP contribution is -2.45. The smallest absolute Gasteiger partial charge is 0.251 e. The maximum atomic E-state index is 12.6. The second-order valence-electron chi connectivity index (χ2n) is 8.02. The van der Waals surface area contributed by atoms with E-state index < -0.39 is 17.9 Å². The van der Waals surface area contributed by atoms with E-state index in [1.165, 1.54) is 11.1 Å². The standard InChI is InChI=1S/C24H25N3O4/c1-14-3-8-21-19(9-14)18(10-15(2)25-21)11-16-4-6-17(7-5-16)23(28)26-22-13-31-12-20(22)24(29)27-30/h3-10,20,22,30H,11-13H2,1-2H3,(H,26,28)(H,27,29)/t20-,22+/m0/s1. The summed E-state index contributed by atoms with van der Waals surface area (Å²) < 4.78 is 5.28. The predicted octanol–water partition coefficient (Wildman–Crippen LogP) is 2.69. The SMILES string of the molecule is Cc1ccc2nc(C)cc(Cc3ccc(C(=O)N[C@@H]4COC[C@@H]4C(=O)NO)cc3)c2c1. The first-order valence-corrected chi connectivity index (χ1v) is 10.2. The molecule has 2 heterocycles. The summed E-state index contributed by atoms with van der Waals surface area (Å²) in [6.45, 7) is 4.46. The summed E-state index contributed by atoms with van der Waals surface area (Å²) in [4.78, 5) is 28.9. The normalized spacial score (nSPS) is 18.2. The van der Waals surface area contributed by atoms with E-state index >= 15 is 0 Å². The van der Waals surface area contributed by atoms with Crippen LogP contribution < -0.4 is 10.8 Å². The molecule has 2 atom stereocenters. The van der Waals surface area contributed by atoms with Crippen molar-refractivity contribution in [1.82, 2.24) is 15.8 Å². The van der Waals surface area contributed by atoms with Gasteiger partial charge in [0.05, 0.1) is 30.7 Å². The first kappa shape index (κ1) is 21.0. The van der Waals surface area contributed by atoms with E-state index in [1.54, 1.807) is 17.6 Å². The Hall–Kier alpha value is -3.29. The molecule has 31 heavy (non-hydrogen) atoms. The molecule has 0 unspecified atom stereocenters. The Morgan fingerprint density at radius 1 is 1.10 bits per heavy atom. The fraction of sp³-hybridized carbons (Fsp3) is 0.292. The van der Waals surface area contributed by atoms with Crippen molar-refractivity contribution < 1.29 is 19.5 Å². The van der Waals surface area contributed by atoms with Crippen molar-refractivity contribution in [2.75, 3.05) is 13.2 Å². The second kappa shape index (κ2) is 8.83. The summed E-state index contributed by atoms with van der Waals surface area (Å²) in [5.74, 6) is -1.45. The van der Waals surface area contributed by atoms with Crippen LogP contribution in [0.5, 0.6) is 0 Å². The predicted molar refractivity (Wildman–Crippen MR) is 116 cm³/mol. The molecule has 7 heteroatoms. The van der Waals surface area contributed by atoms with Gasteiger partial charge in [-0.15, -0.1) is 0 Å². The average molecular weight is 419 g/mol. The summed E-state index contributed by atoms with van der Waals surface area (Å²) in [5.41, 5.74) is 7.57. The lowest BCUT2D eigenvalue weighted by atomic mass is 9.98. The van der Waals surface area contributed by atoms with Crippen molar-refractivity contribution in [2.45, 2.75) is 26.3 Å². The Labute approximate surface area is 180 Å². The molecule has 1 aliphatic rings. The van der Waals surface area contributed by atoms with Crippen LogP contribution in [0.25, 0.3) is 10.9 Å². The number of benzene rings is 2. The summed E-state index contributed by atoms with van der Waals surface area (Å²) in [6.07, 6.45) is 0.737. The first-order valence-electron chi connectivity index (χ1n) is 10.2. The van der Waals surface area contributed by atoms with E-state index in [0.717, 1.165) is 28.6 Å². The number of ether oxygens (including phenoxy) is 1. The number of fused-ring (bicyclic) bond motifs is 1. The fourth-order valence-electron chi connectivity index (χ4n) is 3.99. The van der Waals surface area contributed by atoms with Gasteiger partial charge in [-0.25, -0.2) is 5.48 Å². The molecular formula is C24H25N3O4. The van der Waals surface area contributed by atoms with Crippen LogP contribution in [0.3, 0.4) is 0 Å². The van der Waals surface area contributed by atoms with E-state index in [-0.39, 0.29) is 19.1 Å². The van der Waals surface area contributed by atoms with Crippen LogP contribution in [0.4, 0.5) is 0 Å². The number of aromatic nitrogens is 1. The van der Waals surface area contributed by atoms with Crippen LogP contribution >= 0.6 is 0 Å². The number of amides is 2. The van der Waals surface area contributed by atoms with Gasteiger partial charge in [-0.2, -0.15) is 0 Å². The number of nitrogens with one attached hydrogen (secondary N) is 2. The molecule has 3 N–H and O–H groups in total. The molecular weight excluding hydrogens is 394 g/mol. The van der Waals surface area contributed by atoms with Crippen molar-refractivity contribution >= 4 is 22.7 Å². The number of carbonyl (C=O) groups excluding carboxylic acids is 2. The highest BCUT2D eigenvalue weighted by atomic mass is 16.5. The Morgan fingerprint density at radius 2 is 1.87 bits per heavy atom. The van der Waals surface area contributed by atoms with Crippen molar-refractivity contribution in [3.8, 4) is 0 Å². The monoisotopic (exact) mass is 419 g/mol. The highest BCUT2D eigenvalue weighted by Gasteiger charge is 2.35. The van der Waals surface area contributed by atoms with Gasteiger partial charge in [0.15, 0.2) is 0 Å². The van der Waals surface area contributed by atoms with Crippen molar-refractivity contribution in [3.63, 3.8) is 0 Å². The highest BCUT2D eigenvalue weighted by Crippen LogP contribution is 2.23. The van der Waals surface area contributed by atoms with Gasteiger partial charge in [0.2, 0.25) is 0 Å². The molecule has 1 aliphatic heterocycles. The van der Waals surface area contributed by atoms with Gasteiger partial charge in [0, 0.05) is 16.6 Å². The molecule has 3 aromatic rings. The summed E-state index contributed by atoms with van der Waals surface area (Å²) in [6, 6.07) is 15.3. The van der Waals surface area contributed by atoms with E-state index in [4.69, 9.17) is 9.94 Å². The molecule has 2 amide bonds. The molecule has 0 aliphatic carbocycles. The molecule has 0 radical (unpaired) electrons. The number of rotatable bonds is 5. The summed E-state index contributed by atoms with van der Waals surface area (Å²) in [7, 11) is 0. The number of hydrogen-bond donors (Lipinski definition) is 3. The zero-order valence-corrected chi connectivity index (χ0v) is 17.5. The molecule has 0 bridgehead atoms. The average Bonchev–Trinajstić information content (AvgIpc) is 3.22. The number of hydrogen-bond acceptors (Lipinski definition) is 5. The van der Waals surface area contributed by atoms with Crippen LogP contribution in [0, 0.1) is 19.8 Å². The third-order valence-corrected chi connectivity index (χ3v) is 5.63. The van der Waals surface area contributed by atoms with Crippen molar-refractivity contribution in [1.29, 1.82) is 0 Å². The number of aryl methyl sites for hydroxylation is 2. The van der Waals surface area contributed by atoms with E-state index in [2.05, 4.69) is 35.4 Å².